The molecule has 0 aliphatic heterocycles. The average molecular weight is 363 g/mol. The highest BCUT2D eigenvalue weighted by Gasteiger charge is 2.19. The molecule has 20 heavy (non-hydrogen) atoms. The molecule has 106 valence electrons. The number of nitrogens with one attached hydrogen (secondary N) is 1. The minimum absolute atomic E-state index is 0.0169. The van der Waals surface area contributed by atoms with Crippen LogP contribution in [0.1, 0.15) is 0 Å². The van der Waals surface area contributed by atoms with Gasteiger partial charge in [0.1, 0.15) is 16.5 Å². The van der Waals surface area contributed by atoms with E-state index in [1.54, 1.807) is 6.07 Å². The number of hydrogen-bond donors (Lipinski definition) is 2. The Labute approximate surface area is 122 Å². The molecule has 8 heteroatoms. The number of nitrogen functional groups attached to an aromatic ring is 1. The van der Waals surface area contributed by atoms with E-state index in [1.807, 2.05) is 4.72 Å². The summed E-state index contributed by atoms with van der Waals surface area (Å²) in [6.07, 6.45) is 0. The summed E-state index contributed by atoms with van der Waals surface area (Å²) < 4.78 is 53.1. The van der Waals surface area contributed by atoms with Crippen LogP contribution >= 0.6 is 15.9 Å². The van der Waals surface area contributed by atoms with E-state index in [2.05, 4.69) is 15.9 Å². The Kier molecular flexibility index (Phi) is 3.96. The number of benzene rings is 2. The van der Waals surface area contributed by atoms with Gasteiger partial charge in [-0.05, 0) is 30.3 Å². The van der Waals surface area contributed by atoms with E-state index in [-0.39, 0.29) is 16.3 Å². The topological polar surface area (TPSA) is 72.2 Å². The fourth-order valence-corrected chi connectivity index (χ4v) is 3.25. The molecule has 0 aliphatic carbocycles. The number of sulfonamides is 1. The average Bonchev–Trinajstić information content (AvgIpc) is 2.35. The minimum Gasteiger partial charge on any atom is -0.398 e. The summed E-state index contributed by atoms with van der Waals surface area (Å²) in [5.74, 6) is -1.81. The Morgan fingerprint density at radius 1 is 1.10 bits per heavy atom. The summed E-state index contributed by atoms with van der Waals surface area (Å²) in [6.45, 7) is 0. The highest BCUT2D eigenvalue weighted by atomic mass is 79.9. The van der Waals surface area contributed by atoms with Crippen molar-refractivity contribution in [2.24, 2.45) is 0 Å². The first kappa shape index (κ1) is 14.7. The summed E-state index contributed by atoms with van der Waals surface area (Å²) in [4.78, 5) is -0.199. The predicted octanol–water partition coefficient (Wildman–Crippen LogP) is 3.11. The van der Waals surface area contributed by atoms with Gasteiger partial charge in [0.05, 0.1) is 11.4 Å². The second-order valence-electron chi connectivity index (χ2n) is 3.91. The molecule has 2 aromatic rings. The molecule has 2 rings (SSSR count). The third-order valence-electron chi connectivity index (χ3n) is 2.44. The maximum absolute atomic E-state index is 13.5. The molecule has 0 amide bonds. The van der Waals surface area contributed by atoms with Crippen molar-refractivity contribution in [1.29, 1.82) is 0 Å². The standard InChI is InChI=1S/C12H9BrF2N2O2S/c13-7-1-3-10(16)12(5-7)20(18,19)17-11-4-2-8(14)6-9(11)15/h1-6,17H,16H2. The summed E-state index contributed by atoms with van der Waals surface area (Å²) in [5.41, 5.74) is 5.26. The molecule has 0 spiro atoms. The number of hydrogen-bond acceptors (Lipinski definition) is 3. The zero-order valence-corrected chi connectivity index (χ0v) is 12.3. The van der Waals surface area contributed by atoms with Crippen molar-refractivity contribution in [3.63, 3.8) is 0 Å². The van der Waals surface area contributed by atoms with Gasteiger partial charge in [0.2, 0.25) is 0 Å². The van der Waals surface area contributed by atoms with Gasteiger partial charge in [-0.2, -0.15) is 0 Å². The molecule has 0 saturated carbocycles. The van der Waals surface area contributed by atoms with E-state index >= 15 is 0 Å². The molecule has 2 aromatic carbocycles. The molecule has 0 fully saturated rings. The van der Waals surface area contributed by atoms with Crippen LogP contribution in [0.25, 0.3) is 0 Å². The van der Waals surface area contributed by atoms with Crippen LogP contribution in [0.5, 0.6) is 0 Å². The Balaban J connectivity index is 2.43. The van der Waals surface area contributed by atoms with Crippen LogP contribution in [0.15, 0.2) is 45.8 Å². The van der Waals surface area contributed by atoms with Crippen molar-refractivity contribution in [1.82, 2.24) is 0 Å². The lowest BCUT2D eigenvalue weighted by atomic mass is 10.3. The van der Waals surface area contributed by atoms with Crippen LogP contribution in [0.3, 0.4) is 0 Å². The fourth-order valence-electron chi connectivity index (χ4n) is 1.51. The molecular formula is C12H9BrF2N2O2S. The Morgan fingerprint density at radius 2 is 1.80 bits per heavy atom. The minimum atomic E-state index is -4.07. The zero-order chi connectivity index (χ0) is 14.9. The third-order valence-corrected chi connectivity index (χ3v) is 4.36. The van der Waals surface area contributed by atoms with Crippen molar-refractivity contribution in [3.8, 4) is 0 Å². The van der Waals surface area contributed by atoms with E-state index in [4.69, 9.17) is 5.73 Å². The van der Waals surface area contributed by atoms with Crippen LogP contribution in [0.4, 0.5) is 20.2 Å². The highest BCUT2D eigenvalue weighted by Crippen LogP contribution is 2.26. The van der Waals surface area contributed by atoms with Crippen LogP contribution < -0.4 is 10.5 Å². The lowest BCUT2D eigenvalue weighted by Gasteiger charge is -2.11. The van der Waals surface area contributed by atoms with Crippen molar-refractivity contribution >= 4 is 37.3 Å². The first-order valence-corrected chi connectivity index (χ1v) is 7.60. The van der Waals surface area contributed by atoms with Crippen LogP contribution in [0.2, 0.25) is 0 Å². The summed E-state index contributed by atoms with van der Waals surface area (Å²) in [6, 6.07) is 6.80. The van der Waals surface area contributed by atoms with Crippen LogP contribution in [0, 0.1) is 11.6 Å². The zero-order valence-electron chi connectivity index (χ0n) is 9.90. The van der Waals surface area contributed by atoms with E-state index in [9.17, 15) is 17.2 Å². The molecule has 0 bridgehead atoms. The first-order valence-electron chi connectivity index (χ1n) is 5.32. The van der Waals surface area contributed by atoms with Gasteiger partial charge in [0, 0.05) is 10.5 Å². The second kappa shape index (κ2) is 5.37. The monoisotopic (exact) mass is 362 g/mol. The van der Waals surface area contributed by atoms with Crippen molar-refractivity contribution < 1.29 is 17.2 Å². The SMILES string of the molecule is Nc1ccc(Br)cc1S(=O)(=O)Nc1ccc(F)cc1F. The van der Waals surface area contributed by atoms with Crippen LogP contribution in [-0.4, -0.2) is 8.42 Å². The number of nitrogens with two attached hydrogens (primary N) is 1. The molecule has 0 aliphatic rings. The van der Waals surface area contributed by atoms with E-state index in [0.717, 1.165) is 12.1 Å². The second-order valence-corrected chi connectivity index (χ2v) is 6.48. The Morgan fingerprint density at radius 3 is 2.45 bits per heavy atom. The molecular weight excluding hydrogens is 354 g/mol. The quantitative estimate of drug-likeness (QED) is 0.824. The van der Waals surface area contributed by atoms with Gasteiger partial charge in [0.25, 0.3) is 10.0 Å². The van der Waals surface area contributed by atoms with Gasteiger partial charge in [-0.3, -0.25) is 4.72 Å². The highest BCUT2D eigenvalue weighted by molar-refractivity contribution is 9.10. The molecule has 0 aromatic heterocycles. The molecule has 0 atom stereocenters. The molecule has 0 unspecified atom stereocenters. The maximum Gasteiger partial charge on any atom is 0.264 e. The van der Waals surface area contributed by atoms with E-state index in [0.29, 0.717) is 10.5 Å². The van der Waals surface area contributed by atoms with Gasteiger partial charge < -0.3 is 5.73 Å². The van der Waals surface area contributed by atoms with Gasteiger partial charge in [-0.1, -0.05) is 15.9 Å². The normalized spacial score (nSPS) is 11.3. The molecule has 3 N–H and O–H groups in total. The molecule has 0 radical (unpaired) electrons. The molecule has 0 saturated heterocycles. The fraction of sp³-hybridized carbons (Fsp3) is 0. The summed E-state index contributed by atoms with van der Waals surface area (Å²) in [5, 5.41) is 0. The number of anilines is 2. The van der Waals surface area contributed by atoms with Crippen LogP contribution in [-0.2, 0) is 10.0 Å². The number of rotatable bonds is 3. The van der Waals surface area contributed by atoms with Crippen molar-refractivity contribution in [2.45, 2.75) is 4.90 Å². The molecule has 0 heterocycles. The summed E-state index contributed by atoms with van der Waals surface area (Å²) >= 11 is 3.13. The third kappa shape index (κ3) is 3.07. The van der Waals surface area contributed by atoms with Crippen molar-refractivity contribution in [2.75, 3.05) is 10.5 Å². The molecule has 4 nitrogen and oxygen atoms in total. The lowest BCUT2D eigenvalue weighted by molar-refractivity contribution is 0.583. The van der Waals surface area contributed by atoms with Crippen molar-refractivity contribution in [3.05, 3.63) is 52.5 Å². The van der Waals surface area contributed by atoms with Gasteiger partial charge in [-0.15, -0.1) is 0 Å². The lowest BCUT2D eigenvalue weighted by Crippen LogP contribution is -2.15. The van der Waals surface area contributed by atoms with Gasteiger partial charge in [-0.25, -0.2) is 17.2 Å². The van der Waals surface area contributed by atoms with E-state index < -0.39 is 21.7 Å². The smallest absolute Gasteiger partial charge is 0.264 e. The first-order chi connectivity index (χ1) is 9.29. The van der Waals surface area contributed by atoms with Gasteiger partial charge >= 0.3 is 0 Å². The maximum atomic E-state index is 13.5. The van der Waals surface area contributed by atoms with Gasteiger partial charge in [0.15, 0.2) is 0 Å². The Hall–Kier alpha value is -1.67. The Bertz CT molecular complexity index is 766. The van der Waals surface area contributed by atoms with E-state index in [1.165, 1.54) is 12.1 Å². The summed E-state index contributed by atoms with van der Waals surface area (Å²) in [7, 11) is -4.07. The predicted molar refractivity (Wildman–Crippen MR) is 75.7 cm³/mol. The number of halogens is 3. The largest absolute Gasteiger partial charge is 0.398 e.